The maximum Gasteiger partial charge on any atom is 0.335 e. The summed E-state index contributed by atoms with van der Waals surface area (Å²) in [4.78, 5) is 23.5. The van der Waals surface area contributed by atoms with Gasteiger partial charge in [-0.15, -0.1) is 0 Å². The highest BCUT2D eigenvalue weighted by Gasteiger charge is 2.17. The minimum Gasteiger partial charge on any atom is -0.493 e. The number of carbonyl (C=O) groups is 2. The number of anilines is 1. The SMILES string of the molecule is COc1cc(C(=O)O)cc(NC(=O)CCOc2ccc(C)cc2C)c1OC. The fourth-order valence-electron chi connectivity index (χ4n) is 2.61. The first-order valence-electron chi connectivity index (χ1n) is 8.35. The summed E-state index contributed by atoms with van der Waals surface area (Å²) >= 11 is 0. The summed E-state index contributed by atoms with van der Waals surface area (Å²) in [6, 6.07) is 8.47. The lowest BCUT2D eigenvalue weighted by atomic mass is 10.1. The van der Waals surface area contributed by atoms with Crippen LogP contribution < -0.4 is 19.5 Å². The number of benzene rings is 2. The Morgan fingerprint density at radius 1 is 1.04 bits per heavy atom. The van der Waals surface area contributed by atoms with Gasteiger partial charge in [0.05, 0.1) is 38.5 Å². The van der Waals surface area contributed by atoms with Crippen LogP contribution in [-0.2, 0) is 4.79 Å². The van der Waals surface area contributed by atoms with E-state index in [2.05, 4.69) is 5.32 Å². The normalized spacial score (nSPS) is 10.2. The summed E-state index contributed by atoms with van der Waals surface area (Å²) in [7, 11) is 2.81. The fourth-order valence-corrected chi connectivity index (χ4v) is 2.61. The Hall–Kier alpha value is -3.22. The zero-order valence-corrected chi connectivity index (χ0v) is 15.8. The van der Waals surface area contributed by atoms with Crippen molar-refractivity contribution in [3.05, 3.63) is 47.0 Å². The van der Waals surface area contributed by atoms with E-state index < -0.39 is 5.97 Å². The first-order valence-corrected chi connectivity index (χ1v) is 8.35. The van der Waals surface area contributed by atoms with Crippen molar-refractivity contribution >= 4 is 17.6 Å². The zero-order valence-electron chi connectivity index (χ0n) is 15.8. The second-order valence-corrected chi connectivity index (χ2v) is 5.98. The first-order chi connectivity index (χ1) is 12.8. The highest BCUT2D eigenvalue weighted by molar-refractivity contribution is 5.96. The number of aromatic carboxylic acids is 1. The molecule has 2 N–H and O–H groups in total. The van der Waals surface area contributed by atoms with E-state index in [1.807, 2.05) is 32.0 Å². The molecule has 0 aliphatic heterocycles. The van der Waals surface area contributed by atoms with Crippen molar-refractivity contribution in [2.24, 2.45) is 0 Å². The third-order valence-electron chi connectivity index (χ3n) is 3.92. The number of carbonyl (C=O) groups excluding carboxylic acids is 1. The van der Waals surface area contributed by atoms with E-state index in [0.717, 1.165) is 16.9 Å². The van der Waals surface area contributed by atoms with Crippen molar-refractivity contribution < 1.29 is 28.9 Å². The van der Waals surface area contributed by atoms with E-state index in [-0.39, 0.29) is 41.7 Å². The molecule has 144 valence electrons. The molecule has 0 saturated heterocycles. The maximum absolute atomic E-state index is 12.3. The van der Waals surface area contributed by atoms with Gasteiger partial charge in [-0.1, -0.05) is 17.7 Å². The molecular formula is C20H23NO6. The van der Waals surface area contributed by atoms with Gasteiger partial charge in [0.2, 0.25) is 5.91 Å². The van der Waals surface area contributed by atoms with Crippen LogP contribution in [0.2, 0.25) is 0 Å². The van der Waals surface area contributed by atoms with Crippen LogP contribution >= 0.6 is 0 Å². The largest absolute Gasteiger partial charge is 0.493 e. The van der Waals surface area contributed by atoms with Gasteiger partial charge in [-0.25, -0.2) is 4.79 Å². The van der Waals surface area contributed by atoms with Gasteiger partial charge in [-0.2, -0.15) is 0 Å². The van der Waals surface area contributed by atoms with E-state index in [1.54, 1.807) is 0 Å². The Balaban J connectivity index is 2.06. The molecule has 0 saturated carbocycles. The van der Waals surface area contributed by atoms with Gasteiger partial charge >= 0.3 is 5.97 Å². The molecule has 0 radical (unpaired) electrons. The number of carboxylic acids is 1. The monoisotopic (exact) mass is 373 g/mol. The summed E-state index contributed by atoms with van der Waals surface area (Å²) in [5.74, 6) is -0.266. The van der Waals surface area contributed by atoms with Gasteiger partial charge < -0.3 is 24.6 Å². The molecular weight excluding hydrogens is 350 g/mol. The Morgan fingerprint density at radius 2 is 1.78 bits per heavy atom. The lowest BCUT2D eigenvalue weighted by Gasteiger charge is -2.15. The minimum atomic E-state index is -1.13. The van der Waals surface area contributed by atoms with Crippen molar-refractivity contribution in [3.63, 3.8) is 0 Å². The lowest BCUT2D eigenvalue weighted by Crippen LogP contribution is -2.16. The molecule has 1 amide bonds. The molecule has 7 nitrogen and oxygen atoms in total. The molecule has 0 spiro atoms. The Morgan fingerprint density at radius 3 is 2.37 bits per heavy atom. The summed E-state index contributed by atoms with van der Waals surface area (Å²) in [6.45, 7) is 4.13. The molecule has 0 unspecified atom stereocenters. The van der Waals surface area contributed by atoms with Crippen LogP contribution in [0.1, 0.15) is 27.9 Å². The number of aryl methyl sites for hydroxylation is 2. The second-order valence-electron chi connectivity index (χ2n) is 5.98. The lowest BCUT2D eigenvalue weighted by molar-refractivity contribution is -0.116. The van der Waals surface area contributed by atoms with Crippen molar-refractivity contribution in [1.29, 1.82) is 0 Å². The second kappa shape index (κ2) is 8.93. The first kappa shape index (κ1) is 20.1. The third kappa shape index (κ3) is 5.13. The Labute approximate surface area is 157 Å². The van der Waals surface area contributed by atoms with Crippen LogP contribution in [0.25, 0.3) is 0 Å². The topological polar surface area (TPSA) is 94.1 Å². The number of hydrogen-bond acceptors (Lipinski definition) is 5. The summed E-state index contributed by atoms with van der Waals surface area (Å²) < 4.78 is 16.0. The number of amides is 1. The average Bonchev–Trinajstić information content (AvgIpc) is 2.62. The van der Waals surface area contributed by atoms with Gasteiger partial charge in [0.1, 0.15) is 5.75 Å². The van der Waals surface area contributed by atoms with E-state index >= 15 is 0 Å². The molecule has 2 aromatic rings. The van der Waals surface area contributed by atoms with Crippen molar-refractivity contribution in [3.8, 4) is 17.2 Å². The third-order valence-corrected chi connectivity index (χ3v) is 3.92. The molecule has 27 heavy (non-hydrogen) atoms. The number of ether oxygens (including phenoxy) is 3. The molecule has 0 bridgehead atoms. The highest BCUT2D eigenvalue weighted by Crippen LogP contribution is 2.36. The van der Waals surface area contributed by atoms with E-state index in [9.17, 15) is 14.7 Å². The number of nitrogens with one attached hydrogen (secondary N) is 1. The zero-order chi connectivity index (χ0) is 20.0. The molecule has 0 fully saturated rings. The predicted molar refractivity (Wildman–Crippen MR) is 101 cm³/mol. The van der Waals surface area contributed by atoms with Crippen LogP contribution in [0.5, 0.6) is 17.2 Å². The predicted octanol–water partition coefficient (Wildman–Crippen LogP) is 3.43. The van der Waals surface area contributed by atoms with E-state index in [0.29, 0.717) is 0 Å². The van der Waals surface area contributed by atoms with Crippen LogP contribution in [0.3, 0.4) is 0 Å². The maximum atomic E-state index is 12.3. The smallest absolute Gasteiger partial charge is 0.335 e. The average molecular weight is 373 g/mol. The number of rotatable bonds is 8. The number of methoxy groups -OCH3 is 2. The molecule has 0 atom stereocenters. The van der Waals surface area contributed by atoms with Crippen LogP contribution in [0.4, 0.5) is 5.69 Å². The minimum absolute atomic E-state index is 0.0190. The summed E-state index contributed by atoms with van der Waals surface area (Å²) in [6.07, 6.45) is 0.0933. The van der Waals surface area contributed by atoms with E-state index in [1.165, 1.54) is 26.4 Å². The Bertz CT molecular complexity index is 847. The van der Waals surface area contributed by atoms with Crippen molar-refractivity contribution in [2.45, 2.75) is 20.3 Å². The highest BCUT2D eigenvalue weighted by atomic mass is 16.5. The summed E-state index contributed by atoms with van der Waals surface area (Å²) in [5.41, 5.74) is 2.34. The van der Waals surface area contributed by atoms with Crippen molar-refractivity contribution in [2.75, 3.05) is 26.1 Å². The molecule has 0 aromatic heterocycles. The van der Waals surface area contributed by atoms with Gasteiger partial charge in [-0.3, -0.25) is 4.79 Å². The van der Waals surface area contributed by atoms with Crippen LogP contribution in [0.15, 0.2) is 30.3 Å². The van der Waals surface area contributed by atoms with Gasteiger partial charge in [0.25, 0.3) is 0 Å². The molecule has 7 heteroatoms. The quantitative estimate of drug-likeness (QED) is 0.736. The number of hydrogen-bond donors (Lipinski definition) is 2. The van der Waals surface area contributed by atoms with Gasteiger partial charge in [0, 0.05) is 0 Å². The van der Waals surface area contributed by atoms with Gasteiger partial charge in [0.15, 0.2) is 11.5 Å². The molecule has 2 aromatic carbocycles. The fraction of sp³-hybridized carbons (Fsp3) is 0.300. The molecule has 2 rings (SSSR count). The van der Waals surface area contributed by atoms with Crippen LogP contribution in [-0.4, -0.2) is 37.8 Å². The molecule has 0 aliphatic rings. The summed E-state index contributed by atoms with van der Waals surface area (Å²) in [5, 5.41) is 11.9. The Kier molecular flexibility index (Phi) is 6.65. The van der Waals surface area contributed by atoms with Crippen LogP contribution in [0, 0.1) is 13.8 Å². The van der Waals surface area contributed by atoms with Crippen molar-refractivity contribution in [1.82, 2.24) is 0 Å². The van der Waals surface area contributed by atoms with Gasteiger partial charge in [-0.05, 0) is 37.6 Å². The molecule has 0 aliphatic carbocycles. The van der Waals surface area contributed by atoms with E-state index in [4.69, 9.17) is 14.2 Å². The number of carboxylic acid groups (broad SMARTS) is 1. The standard InChI is InChI=1S/C20H23NO6/c1-12-5-6-16(13(2)9-12)27-8-7-18(22)21-15-10-14(20(23)24)11-17(25-3)19(15)26-4/h5-6,9-11H,7-8H2,1-4H3,(H,21,22)(H,23,24). The molecule has 0 heterocycles.